The van der Waals surface area contributed by atoms with E-state index < -0.39 is 28.1 Å². The molecule has 2 aromatic heterocycles. The van der Waals surface area contributed by atoms with Gasteiger partial charge in [0.15, 0.2) is 23.1 Å². The lowest BCUT2D eigenvalue weighted by atomic mass is 10.1. The van der Waals surface area contributed by atoms with E-state index in [4.69, 9.17) is 25.8 Å². The van der Waals surface area contributed by atoms with Gasteiger partial charge in [-0.1, -0.05) is 23.7 Å². The molecule has 0 aliphatic carbocycles. The molecular weight excluding hydrogens is 566 g/mol. The van der Waals surface area contributed by atoms with E-state index in [2.05, 4.69) is 9.97 Å². The predicted octanol–water partition coefficient (Wildman–Crippen LogP) is 7.13. The van der Waals surface area contributed by atoms with Gasteiger partial charge in [0.1, 0.15) is 5.75 Å². The summed E-state index contributed by atoms with van der Waals surface area (Å²) in [6.07, 6.45) is -0.695. The summed E-state index contributed by atoms with van der Waals surface area (Å²) in [5, 5.41) is 0.108. The summed E-state index contributed by atoms with van der Waals surface area (Å²) < 4.78 is 72.6. The van der Waals surface area contributed by atoms with Crippen LogP contribution >= 0.6 is 11.6 Å². The monoisotopic (exact) mass is 585 g/mol. The second-order valence-electron chi connectivity index (χ2n) is 8.83. The number of alkyl halides is 3. The zero-order valence-corrected chi connectivity index (χ0v) is 22.3. The molecule has 0 radical (unpaired) electrons. The molecule has 7 nitrogen and oxygen atoms in total. The topological polar surface area (TPSA) is 75.5 Å². The first kappa shape index (κ1) is 27.9. The van der Waals surface area contributed by atoms with E-state index in [-0.39, 0.29) is 29.0 Å². The van der Waals surface area contributed by atoms with Crippen LogP contribution in [0, 0.1) is 5.82 Å². The maximum atomic E-state index is 15.2. The number of hydrogen-bond donors (Lipinski definition) is 0. The van der Waals surface area contributed by atoms with Gasteiger partial charge in [-0.25, -0.2) is 9.37 Å². The van der Waals surface area contributed by atoms with E-state index in [1.54, 1.807) is 18.2 Å². The summed E-state index contributed by atoms with van der Waals surface area (Å²) in [5.74, 6) is 0.359. The first-order valence-electron chi connectivity index (χ1n) is 12.0. The van der Waals surface area contributed by atoms with E-state index in [0.717, 1.165) is 22.8 Å². The quantitative estimate of drug-likeness (QED) is 0.189. The van der Waals surface area contributed by atoms with Crippen molar-refractivity contribution in [2.24, 2.45) is 0 Å². The average molecular weight is 586 g/mol. The normalized spacial score (nSPS) is 11.5. The molecule has 0 bridgehead atoms. The Morgan fingerprint density at radius 3 is 2.39 bits per heavy atom. The Morgan fingerprint density at radius 2 is 1.68 bits per heavy atom. The Morgan fingerprint density at radius 1 is 0.927 bits per heavy atom. The molecule has 0 fully saturated rings. The van der Waals surface area contributed by atoms with Gasteiger partial charge in [-0.2, -0.15) is 13.2 Å². The highest BCUT2D eigenvalue weighted by molar-refractivity contribution is 6.31. The van der Waals surface area contributed by atoms with Gasteiger partial charge in [0.2, 0.25) is 0 Å². The number of nitrogens with zero attached hydrogens (tertiary/aromatic N) is 3. The van der Waals surface area contributed by atoms with Crippen LogP contribution in [0.4, 0.5) is 17.6 Å². The number of ether oxygens (including phenoxy) is 3. The molecule has 3 aromatic carbocycles. The molecular formula is C29H20ClF4N3O4. The van der Waals surface area contributed by atoms with E-state index in [9.17, 15) is 18.0 Å². The van der Waals surface area contributed by atoms with Crippen LogP contribution in [0.25, 0.3) is 22.0 Å². The van der Waals surface area contributed by atoms with Crippen LogP contribution in [0.1, 0.15) is 11.1 Å². The van der Waals surface area contributed by atoms with Gasteiger partial charge in [0.25, 0.3) is 5.56 Å². The highest BCUT2D eigenvalue weighted by Gasteiger charge is 2.33. The lowest BCUT2D eigenvalue weighted by molar-refractivity contribution is -0.137. The van der Waals surface area contributed by atoms with Crippen molar-refractivity contribution in [2.75, 3.05) is 14.2 Å². The third-order valence-corrected chi connectivity index (χ3v) is 6.59. The zero-order chi connectivity index (χ0) is 29.3. The van der Waals surface area contributed by atoms with Gasteiger partial charge in [-0.3, -0.25) is 14.3 Å². The summed E-state index contributed by atoms with van der Waals surface area (Å²) in [7, 11) is 2.99. The number of rotatable bonds is 7. The van der Waals surface area contributed by atoms with Gasteiger partial charge in [0.05, 0.1) is 48.8 Å². The molecule has 0 unspecified atom stereocenters. The van der Waals surface area contributed by atoms with Crippen LogP contribution in [0.5, 0.6) is 23.0 Å². The maximum Gasteiger partial charge on any atom is 0.417 e. The number of halogens is 5. The van der Waals surface area contributed by atoms with Crippen LogP contribution in [-0.2, 0) is 12.7 Å². The van der Waals surface area contributed by atoms with Crippen molar-refractivity contribution in [2.45, 2.75) is 12.7 Å². The van der Waals surface area contributed by atoms with Crippen molar-refractivity contribution in [1.82, 2.24) is 14.5 Å². The fraction of sp³-hybridized carbons (Fsp3) is 0.138. The van der Waals surface area contributed by atoms with Crippen LogP contribution in [0.15, 0.2) is 78.1 Å². The number of pyridine rings is 1. The predicted molar refractivity (Wildman–Crippen MR) is 144 cm³/mol. The molecule has 5 rings (SSSR count). The van der Waals surface area contributed by atoms with Gasteiger partial charge >= 0.3 is 6.18 Å². The third kappa shape index (κ3) is 5.66. The number of aromatic nitrogens is 3. The smallest absolute Gasteiger partial charge is 0.417 e. The molecule has 5 aromatic rings. The van der Waals surface area contributed by atoms with Crippen molar-refractivity contribution in [3.05, 3.63) is 106 Å². The van der Waals surface area contributed by atoms with Crippen molar-refractivity contribution in [3.63, 3.8) is 0 Å². The summed E-state index contributed by atoms with van der Waals surface area (Å²) in [5.41, 5.74) is -0.592. The first-order valence-corrected chi connectivity index (χ1v) is 12.4. The highest BCUT2D eigenvalue weighted by atomic mass is 35.5. The summed E-state index contributed by atoms with van der Waals surface area (Å²) in [6.45, 7) is -0.201. The molecule has 0 N–H and O–H groups in total. The van der Waals surface area contributed by atoms with Crippen LogP contribution in [-0.4, -0.2) is 28.8 Å². The molecule has 0 atom stereocenters. The number of fused-ring (bicyclic) bond motifs is 1. The van der Waals surface area contributed by atoms with E-state index in [1.807, 2.05) is 0 Å². The SMILES string of the molecule is COc1cc2nccc(Oc3ccc(-c4cncn(Cc5ccc(Cl)c(C(F)(F)F)c5)c4=O)cc3F)c2cc1OC. The minimum Gasteiger partial charge on any atom is -0.493 e. The molecule has 2 heterocycles. The Balaban J connectivity index is 1.44. The minimum atomic E-state index is -4.65. The second kappa shape index (κ2) is 11.1. The zero-order valence-electron chi connectivity index (χ0n) is 21.5. The number of benzene rings is 3. The Hall–Kier alpha value is -4.64. The summed E-state index contributed by atoms with van der Waals surface area (Å²) in [4.78, 5) is 21.5. The molecule has 0 spiro atoms. The van der Waals surface area contributed by atoms with E-state index in [0.29, 0.717) is 28.2 Å². The fourth-order valence-electron chi connectivity index (χ4n) is 4.25. The van der Waals surface area contributed by atoms with Crippen molar-refractivity contribution in [1.29, 1.82) is 0 Å². The molecule has 0 aliphatic rings. The van der Waals surface area contributed by atoms with Gasteiger partial charge in [-0.15, -0.1) is 0 Å². The highest BCUT2D eigenvalue weighted by Crippen LogP contribution is 2.38. The number of methoxy groups -OCH3 is 2. The Kier molecular flexibility index (Phi) is 7.55. The molecule has 41 heavy (non-hydrogen) atoms. The standard InChI is InChI=1S/C29H20ClF4N3O4/c1-39-26-11-18-23(12-27(26)40-2)36-8-7-24(18)41-25-6-4-17(10-22(25)31)19-13-35-15-37(28(19)38)14-16-3-5-21(30)20(9-16)29(32,33)34/h3-13,15H,14H2,1-2H3. The summed E-state index contributed by atoms with van der Waals surface area (Å²) in [6, 6.07) is 12.3. The lowest BCUT2D eigenvalue weighted by Crippen LogP contribution is -2.22. The molecule has 0 amide bonds. The molecule has 210 valence electrons. The van der Waals surface area contributed by atoms with Crippen LogP contribution in [0.2, 0.25) is 5.02 Å². The number of hydrogen-bond acceptors (Lipinski definition) is 6. The Labute approximate surface area is 235 Å². The Bertz CT molecular complexity index is 1830. The van der Waals surface area contributed by atoms with Crippen molar-refractivity contribution < 1.29 is 31.8 Å². The average Bonchev–Trinajstić information content (AvgIpc) is 2.95. The van der Waals surface area contributed by atoms with Gasteiger partial charge in [0, 0.05) is 23.8 Å². The largest absolute Gasteiger partial charge is 0.493 e. The van der Waals surface area contributed by atoms with Gasteiger partial charge in [-0.05, 0) is 47.5 Å². The first-order chi connectivity index (χ1) is 19.6. The molecule has 0 saturated heterocycles. The third-order valence-electron chi connectivity index (χ3n) is 6.26. The van der Waals surface area contributed by atoms with Crippen LogP contribution in [0.3, 0.4) is 0 Å². The van der Waals surface area contributed by atoms with E-state index in [1.165, 1.54) is 51.1 Å². The van der Waals surface area contributed by atoms with E-state index >= 15 is 4.39 Å². The molecule has 12 heteroatoms. The summed E-state index contributed by atoms with van der Waals surface area (Å²) >= 11 is 5.69. The fourth-order valence-corrected chi connectivity index (χ4v) is 4.48. The second-order valence-corrected chi connectivity index (χ2v) is 9.24. The molecule has 0 aliphatic heterocycles. The van der Waals surface area contributed by atoms with Gasteiger partial charge < -0.3 is 14.2 Å². The lowest BCUT2D eigenvalue weighted by Gasteiger charge is -2.13. The van der Waals surface area contributed by atoms with Crippen LogP contribution < -0.4 is 19.8 Å². The van der Waals surface area contributed by atoms with Crippen molar-refractivity contribution >= 4 is 22.5 Å². The minimum absolute atomic E-state index is 0.0501. The van der Waals surface area contributed by atoms with Crippen molar-refractivity contribution in [3.8, 4) is 34.1 Å². The molecule has 0 saturated carbocycles. The maximum absolute atomic E-state index is 15.2.